The largest absolute Gasteiger partial charge is 0.379 e. The standard InChI is InChI=1S/C14H20N2O2/c1-9-4-5-12(11(3)10(9)2)16-13(17)14(6-15)7-18-8-14/h4-5H,6-8,15H2,1-3H3,(H,16,17). The maximum atomic E-state index is 12.2. The summed E-state index contributed by atoms with van der Waals surface area (Å²) >= 11 is 0. The third kappa shape index (κ3) is 2.02. The zero-order valence-corrected chi connectivity index (χ0v) is 11.2. The van der Waals surface area contributed by atoms with Crippen LogP contribution in [0.3, 0.4) is 0 Å². The van der Waals surface area contributed by atoms with Crippen molar-refractivity contribution in [3.63, 3.8) is 0 Å². The van der Waals surface area contributed by atoms with Crippen LogP contribution in [0.15, 0.2) is 12.1 Å². The van der Waals surface area contributed by atoms with Crippen molar-refractivity contribution in [1.29, 1.82) is 0 Å². The molecule has 0 bridgehead atoms. The van der Waals surface area contributed by atoms with Gasteiger partial charge < -0.3 is 15.8 Å². The van der Waals surface area contributed by atoms with E-state index in [1.54, 1.807) is 0 Å². The number of ether oxygens (including phenoxy) is 1. The van der Waals surface area contributed by atoms with Gasteiger partial charge in [0.15, 0.2) is 0 Å². The third-order valence-electron chi connectivity index (χ3n) is 3.94. The van der Waals surface area contributed by atoms with E-state index < -0.39 is 5.41 Å². The topological polar surface area (TPSA) is 64.4 Å². The van der Waals surface area contributed by atoms with Gasteiger partial charge in [0.1, 0.15) is 5.41 Å². The molecule has 1 aliphatic heterocycles. The van der Waals surface area contributed by atoms with Gasteiger partial charge in [-0.3, -0.25) is 4.79 Å². The van der Waals surface area contributed by atoms with E-state index in [0.717, 1.165) is 11.3 Å². The van der Waals surface area contributed by atoms with Gasteiger partial charge in [0.25, 0.3) is 0 Å². The lowest BCUT2D eigenvalue weighted by Crippen LogP contribution is -2.56. The minimum atomic E-state index is -0.536. The molecule has 0 atom stereocenters. The summed E-state index contributed by atoms with van der Waals surface area (Å²) < 4.78 is 5.12. The zero-order valence-electron chi connectivity index (χ0n) is 11.2. The van der Waals surface area contributed by atoms with Crippen LogP contribution in [0, 0.1) is 26.2 Å². The van der Waals surface area contributed by atoms with E-state index in [0.29, 0.717) is 19.8 Å². The number of anilines is 1. The number of nitrogens with two attached hydrogens (primary N) is 1. The molecule has 0 aliphatic carbocycles. The molecule has 0 unspecified atom stereocenters. The Morgan fingerprint density at radius 1 is 1.33 bits per heavy atom. The van der Waals surface area contributed by atoms with Crippen molar-refractivity contribution < 1.29 is 9.53 Å². The second kappa shape index (κ2) is 4.71. The van der Waals surface area contributed by atoms with Gasteiger partial charge in [-0.15, -0.1) is 0 Å². The van der Waals surface area contributed by atoms with Crippen LogP contribution in [0.4, 0.5) is 5.69 Å². The van der Waals surface area contributed by atoms with Crippen LogP contribution in [0.1, 0.15) is 16.7 Å². The normalized spacial score (nSPS) is 17.1. The van der Waals surface area contributed by atoms with Crippen molar-refractivity contribution in [3.8, 4) is 0 Å². The SMILES string of the molecule is Cc1ccc(NC(=O)C2(CN)COC2)c(C)c1C. The highest BCUT2D eigenvalue weighted by molar-refractivity contribution is 5.97. The van der Waals surface area contributed by atoms with Crippen LogP contribution in [0.5, 0.6) is 0 Å². The molecule has 1 heterocycles. The Hall–Kier alpha value is -1.39. The maximum absolute atomic E-state index is 12.2. The summed E-state index contributed by atoms with van der Waals surface area (Å²) in [6.07, 6.45) is 0. The molecule has 98 valence electrons. The predicted octanol–water partition coefficient (Wildman–Crippen LogP) is 1.53. The molecule has 0 saturated carbocycles. The fraction of sp³-hybridized carbons (Fsp3) is 0.500. The van der Waals surface area contributed by atoms with Crippen molar-refractivity contribution >= 4 is 11.6 Å². The number of rotatable bonds is 3. The first-order chi connectivity index (χ1) is 8.50. The number of amides is 1. The average Bonchev–Trinajstić information content (AvgIpc) is 2.29. The van der Waals surface area contributed by atoms with Gasteiger partial charge in [-0.05, 0) is 43.5 Å². The summed E-state index contributed by atoms with van der Waals surface area (Å²) in [5.41, 5.74) is 9.54. The molecule has 4 nitrogen and oxygen atoms in total. The first-order valence-electron chi connectivity index (χ1n) is 6.16. The molecule has 1 amide bonds. The lowest BCUT2D eigenvalue weighted by molar-refractivity contribution is -0.153. The van der Waals surface area contributed by atoms with E-state index in [9.17, 15) is 4.79 Å². The van der Waals surface area contributed by atoms with E-state index >= 15 is 0 Å². The van der Waals surface area contributed by atoms with Crippen molar-refractivity contribution in [1.82, 2.24) is 0 Å². The van der Waals surface area contributed by atoms with Crippen LogP contribution in [0.25, 0.3) is 0 Å². The molecule has 2 rings (SSSR count). The highest BCUT2D eigenvalue weighted by Gasteiger charge is 2.44. The van der Waals surface area contributed by atoms with Crippen LogP contribution in [-0.2, 0) is 9.53 Å². The minimum Gasteiger partial charge on any atom is -0.379 e. The van der Waals surface area contributed by atoms with Gasteiger partial charge in [-0.1, -0.05) is 6.07 Å². The summed E-state index contributed by atoms with van der Waals surface area (Å²) in [5, 5.41) is 2.97. The molecule has 1 fully saturated rings. The van der Waals surface area contributed by atoms with Crippen LogP contribution in [-0.4, -0.2) is 25.7 Å². The number of hydrogen-bond acceptors (Lipinski definition) is 3. The van der Waals surface area contributed by atoms with Gasteiger partial charge >= 0.3 is 0 Å². The Labute approximate surface area is 108 Å². The van der Waals surface area contributed by atoms with Gasteiger partial charge in [-0.25, -0.2) is 0 Å². The van der Waals surface area contributed by atoms with Gasteiger partial charge in [0.2, 0.25) is 5.91 Å². The third-order valence-corrected chi connectivity index (χ3v) is 3.94. The van der Waals surface area contributed by atoms with E-state index in [1.807, 2.05) is 19.1 Å². The summed E-state index contributed by atoms with van der Waals surface area (Å²) in [7, 11) is 0. The first kappa shape index (κ1) is 13.1. The van der Waals surface area contributed by atoms with Crippen molar-refractivity contribution in [2.24, 2.45) is 11.1 Å². The second-order valence-electron chi connectivity index (χ2n) is 5.11. The lowest BCUT2D eigenvalue weighted by atomic mass is 9.85. The number of aryl methyl sites for hydroxylation is 1. The Morgan fingerprint density at radius 3 is 2.50 bits per heavy atom. The molecule has 4 heteroatoms. The van der Waals surface area contributed by atoms with Crippen LogP contribution >= 0.6 is 0 Å². The quantitative estimate of drug-likeness (QED) is 0.852. The highest BCUT2D eigenvalue weighted by atomic mass is 16.5. The van der Waals surface area contributed by atoms with E-state index in [1.165, 1.54) is 11.1 Å². The molecule has 1 aromatic carbocycles. The van der Waals surface area contributed by atoms with Crippen LogP contribution < -0.4 is 11.1 Å². The molecule has 18 heavy (non-hydrogen) atoms. The Morgan fingerprint density at radius 2 is 2.00 bits per heavy atom. The molecule has 0 spiro atoms. The fourth-order valence-electron chi connectivity index (χ4n) is 2.04. The summed E-state index contributed by atoms with van der Waals surface area (Å²) in [5.74, 6) is -0.0393. The molecule has 0 aromatic heterocycles. The first-order valence-corrected chi connectivity index (χ1v) is 6.16. The zero-order chi connectivity index (χ0) is 13.3. The molecule has 1 aliphatic rings. The van der Waals surface area contributed by atoms with E-state index in [2.05, 4.69) is 19.2 Å². The molecular formula is C14H20N2O2. The van der Waals surface area contributed by atoms with Crippen molar-refractivity contribution in [2.45, 2.75) is 20.8 Å². The Balaban J connectivity index is 2.20. The minimum absolute atomic E-state index is 0.0393. The second-order valence-corrected chi connectivity index (χ2v) is 5.11. The van der Waals surface area contributed by atoms with Gasteiger partial charge in [0, 0.05) is 12.2 Å². The summed E-state index contributed by atoms with van der Waals surface area (Å²) in [6.45, 7) is 7.30. The molecule has 0 radical (unpaired) electrons. The molecular weight excluding hydrogens is 228 g/mol. The number of hydrogen-bond donors (Lipinski definition) is 2. The average molecular weight is 248 g/mol. The highest BCUT2D eigenvalue weighted by Crippen LogP contribution is 2.29. The summed E-state index contributed by atoms with van der Waals surface area (Å²) in [4.78, 5) is 12.2. The maximum Gasteiger partial charge on any atom is 0.236 e. The van der Waals surface area contributed by atoms with Crippen LogP contribution in [0.2, 0.25) is 0 Å². The number of benzene rings is 1. The van der Waals surface area contributed by atoms with E-state index in [4.69, 9.17) is 10.5 Å². The van der Waals surface area contributed by atoms with Gasteiger partial charge in [-0.2, -0.15) is 0 Å². The number of nitrogens with one attached hydrogen (secondary N) is 1. The smallest absolute Gasteiger partial charge is 0.236 e. The monoisotopic (exact) mass is 248 g/mol. The van der Waals surface area contributed by atoms with E-state index in [-0.39, 0.29) is 5.91 Å². The number of carbonyl (C=O) groups is 1. The Bertz CT molecular complexity index is 473. The lowest BCUT2D eigenvalue weighted by Gasteiger charge is -2.38. The number of carbonyl (C=O) groups excluding carboxylic acids is 1. The van der Waals surface area contributed by atoms with Crippen molar-refractivity contribution in [3.05, 3.63) is 28.8 Å². The van der Waals surface area contributed by atoms with Gasteiger partial charge in [0.05, 0.1) is 13.2 Å². The summed E-state index contributed by atoms with van der Waals surface area (Å²) in [6, 6.07) is 3.96. The predicted molar refractivity (Wildman–Crippen MR) is 71.6 cm³/mol. The fourth-order valence-corrected chi connectivity index (χ4v) is 2.04. The molecule has 3 N–H and O–H groups in total. The molecule has 1 aromatic rings. The van der Waals surface area contributed by atoms with Crippen molar-refractivity contribution in [2.75, 3.05) is 25.1 Å². The molecule has 1 saturated heterocycles. The Kier molecular flexibility index (Phi) is 3.41.